The summed E-state index contributed by atoms with van der Waals surface area (Å²) >= 11 is 1.86. The quantitative estimate of drug-likeness (QED) is 0.160. The minimum absolute atomic E-state index is 1.12. The summed E-state index contributed by atoms with van der Waals surface area (Å²) in [5.74, 6) is 0. The molecule has 0 aliphatic heterocycles. The average Bonchev–Trinajstić information content (AvgIpc) is 3.64. The first-order valence-electron chi connectivity index (χ1n) is 18.4. The molecule has 1 aromatic heterocycles. The molecule has 0 amide bonds. The number of fused-ring (bicyclic) bond motifs is 4. The summed E-state index contributed by atoms with van der Waals surface area (Å²) in [7, 11) is 0. The molecule has 1 nitrogen and oxygen atoms in total. The van der Waals surface area contributed by atoms with Crippen molar-refractivity contribution in [3.63, 3.8) is 0 Å². The highest BCUT2D eigenvalue weighted by Crippen LogP contribution is 2.45. The van der Waals surface area contributed by atoms with Crippen molar-refractivity contribution in [3.8, 4) is 44.5 Å². The van der Waals surface area contributed by atoms with Gasteiger partial charge in [0.25, 0.3) is 0 Å². The first-order valence-corrected chi connectivity index (χ1v) is 19.2. The summed E-state index contributed by atoms with van der Waals surface area (Å²) in [4.78, 5) is 2.43. The van der Waals surface area contributed by atoms with Gasteiger partial charge in [0.2, 0.25) is 0 Å². The van der Waals surface area contributed by atoms with Crippen molar-refractivity contribution in [2.45, 2.75) is 0 Å². The third-order valence-corrected chi connectivity index (χ3v) is 11.7. The second kappa shape index (κ2) is 13.7. The van der Waals surface area contributed by atoms with Crippen molar-refractivity contribution in [2.24, 2.45) is 0 Å². The third kappa shape index (κ3) is 5.84. The van der Waals surface area contributed by atoms with Crippen LogP contribution < -0.4 is 4.90 Å². The second-order valence-corrected chi connectivity index (χ2v) is 14.8. The normalized spacial score (nSPS) is 11.3. The minimum Gasteiger partial charge on any atom is -0.309 e. The number of anilines is 3. The van der Waals surface area contributed by atoms with Crippen molar-refractivity contribution in [1.82, 2.24) is 0 Å². The van der Waals surface area contributed by atoms with Gasteiger partial charge in [0.05, 0.1) is 10.4 Å². The molecular formula is C52H35NS. The van der Waals surface area contributed by atoms with Gasteiger partial charge in [-0.05, 0) is 97.7 Å². The molecular weight excluding hydrogens is 671 g/mol. The Morgan fingerprint density at radius 1 is 0.315 bits per heavy atom. The van der Waals surface area contributed by atoms with Gasteiger partial charge in [-0.2, -0.15) is 0 Å². The maximum absolute atomic E-state index is 2.43. The van der Waals surface area contributed by atoms with Gasteiger partial charge in [-0.3, -0.25) is 0 Å². The van der Waals surface area contributed by atoms with E-state index in [-0.39, 0.29) is 0 Å². The van der Waals surface area contributed by atoms with Crippen molar-refractivity contribution in [3.05, 3.63) is 212 Å². The lowest BCUT2D eigenvalue weighted by Gasteiger charge is -2.27. The molecule has 10 rings (SSSR count). The molecule has 10 aromatic rings. The van der Waals surface area contributed by atoms with Crippen LogP contribution in [0, 0.1) is 0 Å². The Hall–Kier alpha value is -6.74. The van der Waals surface area contributed by atoms with Gasteiger partial charge in [0.1, 0.15) is 0 Å². The molecule has 0 saturated heterocycles. The number of hydrogen-bond acceptors (Lipinski definition) is 2. The number of nitrogens with zero attached hydrogens (tertiary/aromatic N) is 1. The summed E-state index contributed by atoms with van der Waals surface area (Å²) in [6.07, 6.45) is 0. The van der Waals surface area contributed by atoms with Gasteiger partial charge >= 0.3 is 0 Å². The fourth-order valence-electron chi connectivity index (χ4n) is 7.77. The second-order valence-electron chi connectivity index (χ2n) is 13.7. The fraction of sp³-hybridized carbons (Fsp3) is 0. The predicted octanol–water partition coefficient (Wildman–Crippen LogP) is 15.3. The molecule has 0 atom stereocenters. The Morgan fingerprint density at radius 3 is 1.65 bits per heavy atom. The van der Waals surface area contributed by atoms with E-state index in [1.165, 1.54) is 81.1 Å². The summed E-state index contributed by atoms with van der Waals surface area (Å²) in [6, 6.07) is 77.1. The van der Waals surface area contributed by atoms with Crippen LogP contribution in [0.25, 0.3) is 75.5 Å². The van der Waals surface area contributed by atoms with Crippen molar-refractivity contribution < 1.29 is 0 Å². The summed E-state index contributed by atoms with van der Waals surface area (Å²) in [5.41, 5.74) is 13.1. The zero-order valence-corrected chi connectivity index (χ0v) is 30.4. The Bertz CT molecular complexity index is 2910. The van der Waals surface area contributed by atoms with Crippen molar-refractivity contribution in [1.29, 1.82) is 0 Å². The lowest BCUT2D eigenvalue weighted by Crippen LogP contribution is -2.10. The molecule has 0 spiro atoms. The molecule has 0 fully saturated rings. The highest BCUT2D eigenvalue weighted by Gasteiger charge is 2.19. The van der Waals surface area contributed by atoms with Gasteiger partial charge in [-0.25, -0.2) is 0 Å². The van der Waals surface area contributed by atoms with E-state index in [0.29, 0.717) is 0 Å². The van der Waals surface area contributed by atoms with E-state index in [4.69, 9.17) is 0 Å². The summed E-state index contributed by atoms with van der Waals surface area (Å²) < 4.78 is 2.58. The van der Waals surface area contributed by atoms with Crippen LogP contribution in [-0.4, -0.2) is 0 Å². The number of rotatable bonds is 7. The standard InChI is InChI=1S/C52H35NS/c1-3-12-36(13-4-1)37-24-26-38(27-25-37)42-17-9-18-45(34-42)53(50-22-11-21-48-47-19-7-8-23-51(47)54-52(48)50)44-32-30-39(31-33-44)43-29-28-41-16-10-20-46(49(41)35-43)40-14-5-2-6-15-40/h1-35H. The maximum Gasteiger partial charge on any atom is 0.0640 e. The lowest BCUT2D eigenvalue weighted by molar-refractivity contribution is 1.30. The fourth-order valence-corrected chi connectivity index (χ4v) is 8.98. The SMILES string of the molecule is c1ccc(-c2ccc(-c3cccc(N(c4ccc(-c5ccc6cccc(-c7ccccc7)c6c5)cc4)c4cccc5c4sc4ccccc45)c3)cc2)cc1. The van der Waals surface area contributed by atoms with Crippen LogP contribution in [-0.2, 0) is 0 Å². The summed E-state index contributed by atoms with van der Waals surface area (Å²) in [5, 5.41) is 5.09. The molecule has 0 aliphatic carbocycles. The largest absolute Gasteiger partial charge is 0.309 e. The van der Waals surface area contributed by atoms with E-state index in [9.17, 15) is 0 Å². The van der Waals surface area contributed by atoms with Crippen molar-refractivity contribution in [2.75, 3.05) is 4.90 Å². The zero-order chi connectivity index (χ0) is 35.8. The van der Waals surface area contributed by atoms with Crippen LogP contribution in [0.3, 0.4) is 0 Å². The van der Waals surface area contributed by atoms with E-state index in [1.807, 2.05) is 11.3 Å². The minimum atomic E-state index is 1.12. The Balaban J connectivity index is 1.08. The monoisotopic (exact) mass is 705 g/mol. The van der Waals surface area contributed by atoms with Crippen LogP contribution in [0.2, 0.25) is 0 Å². The van der Waals surface area contributed by atoms with Crippen LogP contribution in [0.5, 0.6) is 0 Å². The van der Waals surface area contributed by atoms with Crippen LogP contribution in [0.15, 0.2) is 212 Å². The smallest absolute Gasteiger partial charge is 0.0640 e. The third-order valence-electron chi connectivity index (χ3n) is 10.5. The van der Waals surface area contributed by atoms with E-state index in [0.717, 1.165) is 11.4 Å². The molecule has 2 heteroatoms. The first kappa shape index (κ1) is 32.0. The first-order chi connectivity index (χ1) is 26.8. The molecule has 0 bridgehead atoms. The molecule has 0 aliphatic rings. The van der Waals surface area contributed by atoms with Gasteiger partial charge in [0, 0.05) is 26.8 Å². The molecule has 254 valence electrons. The van der Waals surface area contributed by atoms with Crippen LogP contribution in [0.4, 0.5) is 17.1 Å². The van der Waals surface area contributed by atoms with Crippen molar-refractivity contribution >= 4 is 59.3 Å². The van der Waals surface area contributed by atoms with E-state index < -0.39 is 0 Å². The molecule has 0 unspecified atom stereocenters. The Kier molecular flexibility index (Phi) is 8.09. The summed E-state index contributed by atoms with van der Waals surface area (Å²) in [6.45, 7) is 0. The van der Waals surface area contributed by atoms with Gasteiger partial charge in [-0.1, -0.05) is 170 Å². The molecule has 0 radical (unpaired) electrons. The van der Waals surface area contributed by atoms with Crippen LogP contribution in [0.1, 0.15) is 0 Å². The predicted molar refractivity (Wildman–Crippen MR) is 233 cm³/mol. The Labute approximate surface area is 319 Å². The molecule has 0 N–H and O–H groups in total. The van der Waals surface area contributed by atoms with Gasteiger partial charge in [0.15, 0.2) is 0 Å². The Morgan fingerprint density at radius 2 is 0.870 bits per heavy atom. The van der Waals surface area contributed by atoms with E-state index in [2.05, 4.69) is 217 Å². The molecule has 1 heterocycles. The number of hydrogen-bond donors (Lipinski definition) is 0. The lowest BCUT2D eigenvalue weighted by atomic mass is 9.95. The average molecular weight is 706 g/mol. The van der Waals surface area contributed by atoms with E-state index >= 15 is 0 Å². The number of thiophene rings is 1. The highest BCUT2D eigenvalue weighted by atomic mass is 32.1. The molecule has 9 aromatic carbocycles. The number of benzene rings is 9. The molecule has 54 heavy (non-hydrogen) atoms. The van der Waals surface area contributed by atoms with Crippen LogP contribution >= 0.6 is 11.3 Å². The van der Waals surface area contributed by atoms with Gasteiger partial charge in [-0.15, -0.1) is 11.3 Å². The molecule has 0 saturated carbocycles. The zero-order valence-electron chi connectivity index (χ0n) is 29.6. The maximum atomic E-state index is 2.43. The van der Waals surface area contributed by atoms with E-state index in [1.54, 1.807) is 0 Å². The highest BCUT2D eigenvalue weighted by molar-refractivity contribution is 7.26. The van der Waals surface area contributed by atoms with Gasteiger partial charge < -0.3 is 4.90 Å². The topological polar surface area (TPSA) is 3.24 Å².